The smallest absolute Gasteiger partial charge is 0.253 e. The number of anilines is 1. The molecular weight excluding hydrogens is 484 g/mol. The van der Waals surface area contributed by atoms with Crippen molar-refractivity contribution < 1.29 is 13.9 Å². The lowest BCUT2D eigenvalue weighted by molar-refractivity contribution is -0.130. The van der Waals surface area contributed by atoms with Gasteiger partial charge < -0.3 is 19.8 Å². The lowest BCUT2D eigenvalue weighted by Gasteiger charge is -2.23. The Bertz CT molecular complexity index is 1250. The zero-order valence-electron chi connectivity index (χ0n) is 18.0. The molecule has 0 saturated carbocycles. The van der Waals surface area contributed by atoms with Crippen LogP contribution in [0.25, 0.3) is 16.9 Å². The molecule has 8 heteroatoms. The summed E-state index contributed by atoms with van der Waals surface area (Å²) in [5.74, 6) is -0.0371. The highest BCUT2D eigenvalue weighted by atomic mass is 79.9. The predicted octanol–water partition coefficient (Wildman–Crippen LogP) is 4.97. The van der Waals surface area contributed by atoms with Crippen LogP contribution in [0.15, 0.2) is 82.2 Å². The molecule has 2 N–H and O–H groups in total. The lowest BCUT2D eigenvalue weighted by atomic mass is 10.1. The monoisotopic (exact) mass is 506 g/mol. The molecule has 168 valence electrons. The van der Waals surface area contributed by atoms with Gasteiger partial charge in [-0.25, -0.2) is 4.68 Å². The topological polar surface area (TPSA) is 86.5 Å². The fourth-order valence-corrected chi connectivity index (χ4v) is 4.26. The number of ether oxygens (including phenoxy) is 1. The van der Waals surface area contributed by atoms with Gasteiger partial charge in [0.15, 0.2) is 6.23 Å². The molecule has 0 aliphatic carbocycles. The highest BCUT2D eigenvalue weighted by Gasteiger charge is 2.40. The second-order valence-electron chi connectivity index (χ2n) is 8.02. The van der Waals surface area contributed by atoms with Crippen LogP contribution >= 0.6 is 15.9 Å². The van der Waals surface area contributed by atoms with E-state index in [1.165, 1.54) is 0 Å². The van der Waals surface area contributed by atoms with Crippen LogP contribution in [0.2, 0.25) is 0 Å². The Kier molecular flexibility index (Phi) is 5.78. The fraction of sp³-hybridized carbons (Fsp3) is 0.200. The van der Waals surface area contributed by atoms with Gasteiger partial charge in [-0.1, -0.05) is 28.1 Å². The first-order chi connectivity index (χ1) is 16.0. The van der Waals surface area contributed by atoms with Gasteiger partial charge in [-0.05, 0) is 61.4 Å². The molecule has 1 fully saturated rings. The third-order valence-electron chi connectivity index (χ3n) is 5.76. The van der Waals surface area contributed by atoms with Crippen LogP contribution in [0.3, 0.4) is 0 Å². The minimum absolute atomic E-state index is 0.0371. The second kappa shape index (κ2) is 8.88. The van der Waals surface area contributed by atoms with Crippen molar-refractivity contribution in [1.29, 1.82) is 0 Å². The lowest BCUT2D eigenvalue weighted by Crippen LogP contribution is -2.32. The van der Waals surface area contributed by atoms with Crippen molar-refractivity contribution in [2.75, 3.05) is 12.3 Å². The van der Waals surface area contributed by atoms with Gasteiger partial charge in [0.1, 0.15) is 11.8 Å². The largest absolute Gasteiger partial charge is 0.472 e. The Balaban J connectivity index is 1.50. The molecule has 2 aromatic carbocycles. The molecule has 33 heavy (non-hydrogen) atoms. The molecule has 3 heterocycles. The molecule has 0 bridgehead atoms. The summed E-state index contributed by atoms with van der Waals surface area (Å²) in [7, 11) is 0. The van der Waals surface area contributed by atoms with E-state index in [-0.39, 0.29) is 5.91 Å². The number of nitrogens with two attached hydrogens (primary N) is 1. The number of carbonyl (C=O) groups excluding carboxylic acids is 1. The molecule has 7 nitrogen and oxygen atoms in total. The van der Waals surface area contributed by atoms with Gasteiger partial charge in [0.05, 0.1) is 18.2 Å². The van der Waals surface area contributed by atoms with Crippen LogP contribution in [0.1, 0.15) is 24.3 Å². The minimum atomic E-state index is -0.546. The molecule has 0 radical (unpaired) electrons. The summed E-state index contributed by atoms with van der Waals surface area (Å²) in [6.07, 6.45) is 4.81. The first-order valence-electron chi connectivity index (χ1n) is 10.7. The van der Waals surface area contributed by atoms with E-state index in [9.17, 15) is 4.79 Å². The maximum Gasteiger partial charge on any atom is 0.253 e. The Labute approximate surface area is 199 Å². The number of furan rings is 1. The zero-order chi connectivity index (χ0) is 22.9. The van der Waals surface area contributed by atoms with E-state index in [0.29, 0.717) is 13.0 Å². The fourth-order valence-electron chi connectivity index (χ4n) is 3.99. The summed E-state index contributed by atoms with van der Waals surface area (Å²) in [6.45, 7) is 2.31. The third-order valence-corrected chi connectivity index (χ3v) is 6.29. The second-order valence-corrected chi connectivity index (χ2v) is 8.94. The van der Waals surface area contributed by atoms with Crippen molar-refractivity contribution in [3.05, 3.63) is 88.9 Å². The SMILES string of the molecule is C[C@@H]1O[C@@H](c2cn(-c3ccc(Br)cc3)nc2-c2ccoc2)N(CCc2ccc(N)cc2)C1=O. The first-order valence-corrected chi connectivity index (χ1v) is 11.5. The molecule has 5 rings (SSSR count). The molecule has 1 saturated heterocycles. The van der Waals surface area contributed by atoms with E-state index >= 15 is 0 Å². The Morgan fingerprint density at radius 1 is 1.09 bits per heavy atom. The third kappa shape index (κ3) is 4.31. The molecule has 1 aliphatic rings. The van der Waals surface area contributed by atoms with Gasteiger partial charge in [0, 0.05) is 34.0 Å². The van der Waals surface area contributed by atoms with Crippen molar-refractivity contribution in [2.24, 2.45) is 0 Å². The number of aromatic nitrogens is 2. The molecule has 2 aromatic heterocycles. The summed E-state index contributed by atoms with van der Waals surface area (Å²) < 4.78 is 14.3. The van der Waals surface area contributed by atoms with Gasteiger partial charge in [-0.15, -0.1) is 0 Å². The van der Waals surface area contributed by atoms with Crippen molar-refractivity contribution in [3.63, 3.8) is 0 Å². The highest BCUT2D eigenvalue weighted by molar-refractivity contribution is 9.10. The molecular formula is C25H23BrN4O3. The normalized spacial score (nSPS) is 18.2. The van der Waals surface area contributed by atoms with Gasteiger partial charge in [-0.3, -0.25) is 4.79 Å². The Hall–Kier alpha value is -3.36. The number of rotatable bonds is 6. The van der Waals surface area contributed by atoms with E-state index in [1.807, 2.05) is 60.8 Å². The van der Waals surface area contributed by atoms with Gasteiger partial charge in [0.25, 0.3) is 5.91 Å². The number of amides is 1. The number of hydrogen-bond donors (Lipinski definition) is 1. The summed E-state index contributed by atoms with van der Waals surface area (Å²) in [4.78, 5) is 14.8. The molecule has 1 amide bonds. The highest BCUT2D eigenvalue weighted by Crippen LogP contribution is 2.37. The van der Waals surface area contributed by atoms with Crippen LogP contribution < -0.4 is 5.73 Å². The van der Waals surface area contributed by atoms with E-state index < -0.39 is 12.3 Å². The number of hydrogen-bond acceptors (Lipinski definition) is 5. The van der Waals surface area contributed by atoms with E-state index in [2.05, 4.69) is 15.9 Å². The molecule has 1 aliphatic heterocycles. The van der Waals surface area contributed by atoms with Gasteiger partial charge in [0.2, 0.25) is 0 Å². The minimum Gasteiger partial charge on any atom is -0.472 e. The maximum absolute atomic E-state index is 13.0. The van der Waals surface area contributed by atoms with Crippen LogP contribution in [-0.2, 0) is 16.0 Å². The molecule has 0 unspecified atom stereocenters. The van der Waals surface area contributed by atoms with Gasteiger partial charge in [-0.2, -0.15) is 5.10 Å². The number of benzene rings is 2. The number of halogens is 1. The number of carbonyl (C=O) groups is 1. The number of nitrogens with zero attached hydrogens (tertiary/aromatic N) is 3. The number of nitrogen functional groups attached to an aromatic ring is 1. The zero-order valence-corrected chi connectivity index (χ0v) is 19.6. The first kappa shape index (κ1) is 21.5. The average Bonchev–Trinajstić information content (AvgIpc) is 3.54. The van der Waals surface area contributed by atoms with Crippen molar-refractivity contribution in [1.82, 2.24) is 14.7 Å². The van der Waals surface area contributed by atoms with Crippen molar-refractivity contribution in [3.8, 4) is 16.9 Å². The summed E-state index contributed by atoms with van der Waals surface area (Å²) in [6, 6.07) is 17.4. The Morgan fingerprint density at radius 2 is 1.85 bits per heavy atom. The standard InChI is InChI=1S/C25H23BrN4O3/c1-16-24(31)29(12-10-17-2-6-20(27)7-3-17)25(33-16)22-14-30(21-8-4-19(26)5-9-21)28-23(22)18-11-13-32-15-18/h2-9,11,13-16,25H,10,12,27H2,1H3/t16-,25-/m0/s1. The molecule has 0 spiro atoms. The van der Waals surface area contributed by atoms with Crippen LogP contribution in [0, 0.1) is 0 Å². The van der Waals surface area contributed by atoms with E-state index in [0.717, 1.165) is 38.2 Å². The summed E-state index contributed by atoms with van der Waals surface area (Å²) >= 11 is 3.47. The summed E-state index contributed by atoms with van der Waals surface area (Å²) in [5.41, 5.74) is 10.9. The van der Waals surface area contributed by atoms with Crippen LogP contribution in [-0.4, -0.2) is 33.2 Å². The molecule has 2 atom stereocenters. The van der Waals surface area contributed by atoms with Crippen molar-refractivity contribution in [2.45, 2.75) is 25.7 Å². The van der Waals surface area contributed by atoms with Crippen molar-refractivity contribution >= 4 is 27.5 Å². The Morgan fingerprint density at radius 3 is 2.55 bits per heavy atom. The van der Waals surface area contributed by atoms with Gasteiger partial charge >= 0.3 is 0 Å². The predicted molar refractivity (Wildman–Crippen MR) is 129 cm³/mol. The van der Waals surface area contributed by atoms with E-state index in [4.69, 9.17) is 20.0 Å². The summed E-state index contributed by atoms with van der Waals surface area (Å²) in [5, 5.41) is 4.82. The quantitative estimate of drug-likeness (QED) is 0.373. The maximum atomic E-state index is 13.0. The molecule has 4 aromatic rings. The van der Waals surface area contributed by atoms with Crippen LogP contribution in [0.4, 0.5) is 5.69 Å². The van der Waals surface area contributed by atoms with Crippen LogP contribution in [0.5, 0.6) is 0 Å². The van der Waals surface area contributed by atoms with E-state index in [1.54, 1.807) is 29.0 Å². The average molecular weight is 507 g/mol.